The lowest BCUT2D eigenvalue weighted by Gasteiger charge is -2.36. The highest BCUT2D eigenvalue weighted by atomic mass is 32.2. The molecule has 1 unspecified atom stereocenters. The maximum atomic E-state index is 12.5. The highest BCUT2D eigenvalue weighted by Crippen LogP contribution is 2.20. The molecule has 2 amide bonds. The molecule has 130 valence electrons. The normalized spacial score (nSPS) is 23.9. The van der Waals surface area contributed by atoms with E-state index in [1.807, 2.05) is 23.1 Å². The van der Waals surface area contributed by atoms with Crippen LogP contribution in [0.1, 0.15) is 12.0 Å². The molecule has 3 rings (SSSR count). The number of likely N-dealkylation sites (tertiary alicyclic amines) is 1. The summed E-state index contributed by atoms with van der Waals surface area (Å²) in [5.41, 5.74) is 0.762. The Hall–Kier alpha value is -1.77. The topological polar surface area (TPSA) is 78.0 Å². The molecular weight excluding hydrogens is 330 g/mol. The Bertz CT molecular complexity index is 727. The predicted octanol–water partition coefficient (Wildman–Crippen LogP) is -0.109. The maximum Gasteiger partial charge on any atom is 0.246 e. The standard InChI is InChI=1S/C16H21N3O4S/c1-17-15(20)11-14(16(17)21)18-7-9-19(10-8-18)24(22,23)12-13-5-3-2-4-6-13/h2-6,14H,7-12H2,1H3. The Morgan fingerprint density at radius 2 is 1.67 bits per heavy atom. The highest BCUT2D eigenvalue weighted by Gasteiger charge is 2.41. The van der Waals surface area contributed by atoms with Crippen LogP contribution in [0.3, 0.4) is 0 Å². The number of hydrogen-bond acceptors (Lipinski definition) is 5. The zero-order valence-electron chi connectivity index (χ0n) is 13.6. The third-order valence-electron chi connectivity index (χ3n) is 4.66. The third kappa shape index (κ3) is 3.35. The van der Waals surface area contributed by atoms with E-state index in [0.717, 1.165) is 10.5 Å². The number of rotatable bonds is 4. The van der Waals surface area contributed by atoms with Crippen LogP contribution >= 0.6 is 0 Å². The molecule has 1 atom stereocenters. The average molecular weight is 351 g/mol. The van der Waals surface area contributed by atoms with Crippen LogP contribution < -0.4 is 0 Å². The van der Waals surface area contributed by atoms with Crippen molar-refractivity contribution in [2.45, 2.75) is 18.2 Å². The van der Waals surface area contributed by atoms with Gasteiger partial charge in [-0.05, 0) is 5.56 Å². The lowest BCUT2D eigenvalue weighted by atomic mass is 10.2. The van der Waals surface area contributed by atoms with Gasteiger partial charge in [-0.1, -0.05) is 30.3 Å². The molecule has 2 fully saturated rings. The monoisotopic (exact) mass is 351 g/mol. The summed E-state index contributed by atoms with van der Waals surface area (Å²) >= 11 is 0. The fourth-order valence-corrected chi connectivity index (χ4v) is 4.71. The van der Waals surface area contributed by atoms with E-state index in [0.29, 0.717) is 26.2 Å². The first-order valence-electron chi connectivity index (χ1n) is 7.95. The van der Waals surface area contributed by atoms with Gasteiger partial charge >= 0.3 is 0 Å². The third-order valence-corrected chi connectivity index (χ3v) is 6.51. The lowest BCUT2D eigenvalue weighted by molar-refractivity contribution is -0.138. The maximum absolute atomic E-state index is 12.5. The van der Waals surface area contributed by atoms with Gasteiger partial charge in [0.25, 0.3) is 0 Å². The van der Waals surface area contributed by atoms with E-state index in [1.165, 1.54) is 11.4 Å². The van der Waals surface area contributed by atoms with Crippen LogP contribution in [0, 0.1) is 0 Å². The summed E-state index contributed by atoms with van der Waals surface area (Å²) in [7, 11) is -1.88. The molecule has 0 saturated carbocycles. The molecule has 2 saturated heterocycles. The van der Waals surface area contributed by atoms with Crippen molar-refractivity contribution < 1.29 is 18.0 Å². The summed E-state index contributed by atoms with van der Waals surface area (Å²) in [6.07, 6.45) is 0.187. The number of imide groups is 1. The van der Waals surface area contributed by atoms with Crippen LogP contribution in [0.2, 0.25) is 0 Å². The Kier molecular flexibility index (Phi) is 4.71. The summed E-state index contributed by atoms with van der Waals surface area (Å²) in [5, 5.41) is 0. The first-order chi connectivity index (χ1) is 11.4. The zero-order chi connectivity index (χ0) is 17.3. The average Bonchev–Trinajstić information content (AvgIpc) is 2.83. The van der Waals surface area contributed by atoms with Crippen LogP contribution in [0.4, 0.5) is 0 Å². The SMILES string of the molecule is CN1C(=O)CC(N2CCN(S(=O)(=O)Cc3ccccc3)CC2)C1=O. The molecule has 1 aromatic carbocycles. The molecule has 1 aromatic rings. The molecule has 7 nitrogen and oxygen atoms in total. The van der Waals surface area contributed by atoms with E-state index in [4.69, 9.17) is 0 Å². The minimum atomic E-state index is -3.37. The predicted molar refractivity (Wildman–Crippen MR) is 88.4 cm³/mol. The second-order valence-electron chi connectivity index (χ2n) is 6.19. The molecule has 2 aliphatic rings. The van der Waals surface area contributed by atoms with Crippen molar-refractivity contribution in [3.63, 3.8) is 0 Å². The van der Waals surface area contributed by atoms with Crippen LogP contribution in [-0.4, -0.2) is 73.6 Å². The van der Waals surface area contributed by atoms with Gasteiger partial charge in [-0.25, -0.2) is 8.42 Å². The van der Waals surface area contributed by atoms with Crippen LogP contribution in [0.5, 0.6) is 0 Å². The van der Waals surface area contributed by atoms with Gasteiger partial charge in [-0.2, -0.15) is 4.31 Å². The van der Waals surface area contributed by atoms with Crippen LogP contribution in [0.15, 0.2) is 30.3 Å². The van der Waals surface area contributed by atoms with Gasteiger partial charge in [-0.3, -0.25) is 19.4 Å². The van der Waals surface area contributed by atoms with E-state index >= 15 is 0 Å². The van der Waals surface area contributed by atoms with Gasteiger partial charge in [0.15, 0.2) is 0 Å². The number of piperazine rings is 1. The van der Waals surface area contributed by atoms with Gasteiger partial charge in [0, 0.05) is 33.2 Å². The number of carbonyl (C=O) groups is 2. The molecule has 0 aromatic heterocycles. The van der Waals surface area contributed by atoms with E-state index in [-0.39, 0.29) is 24.0 Å². The van der Waals surface area contributed by atoms with E-state index in [1.54, 1.807) is 12.1 Å². The fraction of sp³-hybridized carbons (Fsp3) is 0.500. The molecule has 24 heavy (non-hydrogen) atoms. The minimum absolute atomic E-state index is 0.0164. The summed E-state index contributed by atoms with van der Waals surface area (Å²) in [4.78, 5) is 26.8. The molecule has 8 heteroatoms. The molecule has 0 spiro atoms. The first kappa shape index (κ1) is 17.1. The first-order valence-corrected chi connectivity index (χ1v) is 9.55. The number of likely N-dealkylation sites (N-methyl/N-ethyl adjacent to an activating group) is 1. The van der Waals surface area contributed by atoms with Gasteiger partial charge in [0.05, 0.1) is 18.2 Å². The Morgan fingerprint density at radius 3 is 2.21 bits per heavy atom. The van der Waals surface area contributed by atoms with Crippen molar-refractivity contribution in [2.75, 3.05) is 33.2 Å². The summed E-state index contributed by atoms with van der Waals surface area (Å²) < 4.78 is 26.5. The van der Waals surface area contributed by atoms with E-state index in [2.05, 4.69) is 0 Å². The molecule has 0 aliphatic carbocycles. The molecule has 0 radical (unpaired) electrons. The Labute approximate surface area is 141 Å². The smallest absolute Gasteiger partial charge is 0.246 e. The van der Waals surface area contributed by atoms with Gasteiger partial charge in [-0.15, -0.1) is 0 Å². The van der Waals surface area contributed by atoms with Crippen molar-refractivity contribution in [3.8, 4) is 0 Å². The second kappa shape index (κ2) is 6.62. The van der Waals surface area contributed by atoms with Crippen LogP contribution in [0.25, 0.3) is 0 Å². The molecular formula is C16H21N3O4S. The van der Waals surface area contributed by atoms with E-state index in [9.17, 15) is 18.0 Å². The van der Waals surface area contributed by atoms with E-state index < -0.39 is 16.1 Å². The Balaban J connectivity index is 1.61. The van der Waals surface area contributed by atoms with Crippen molar-refractivity contribution >= 4 is 21.8 Å². The molecule has 0 bridgehead atoms. The lowest BCUT2D eigenvalue weighted by Crippen LogP contribution is -2.53. The Morgan fingerprint density at radius 1 is 1.04 bits per heavy atom. The largest absolute Gasteiger partial charge is 0.289 e. The number of nitrogens with zero attached hydrogens (tertiary/aromatic N) is 3. The quantitative estimate of drug-likeness (QED) is 0.708. The van der Waals surface area contributed by atoms with Crippen molar-refractivity contribution in [2.24, 2.45) is 0 Å². The summed E-state index contributed by atoms with van der Waals surface area (Å²) in [6, 6.07) is 8.65. The summed E-state index contributed by atoms with van der Waals surface area (Å²) in [6.45, 7) is 1.62. The zero-order valence-corrected chi connectivity index (χ0v) is 14.4. The van der Waals surface area contributed by atoms with Crippen molar-refractivity contribution in [1.29, 1.82) is 0 Å². The fourth-order valence-electron chi connectivity index (χ4n) is 3.19. The van der Waals surface area contributed by atoms with Crippen molar-refractivity contribution in [1.82, 2.24) is 14.1 Å². The number of hydrogen-bond donors (Lipinski definition) is 0. The molecule has 0 N–H and O–H groups in total. The minimum Gasteiger partial charge on any atom is -0.289 e. The van der Waals surface area contributed by atoms with Gasteiger partial charge < -0.3 is 0 Å². The van der Waals surface area contributed by atoms with Gasteiger partial charge in [0.2, 0.25) is 21.8 Å². The highest BCUT2D eigenvalue weighted by molar-refractivity contribution is 7.88. The van der Waals surface area contributed by atoms with Crippen LogP contribution in [-0.2, 0) is 25.4 Å². The number of amides is 2. The number of sulfonamides is 1. The molecule has 2 heterocycles. The molecule has 2 aliphatic heterocycles. The number of carbonyl (C=O) groups excluding carboxylic acids is 2. The summed E-state index contributed by atoms with van der Waals surface area (Å²) in [5.74, 6) is -0.387. The second-order valence-corrected chi connectivity index (χ2v) is 8.16. The number of benzene rings is 1. The van der Waals surface area contributed by atoms with Gasteiger partial charge in [0.1, 0.15) is 0 Å². The van der Waals surface area contributed by atoms with Crippen molar-refractivity contribution in [3.05, 3.63) is 35.9 Å².